The second kappa shape index (κ2) is 21.7. The Balaban J connectivity index is 0.000000180. The quantitative estimate of drug-likeness (QED) is 0.165. The molecule has 0 saturated carbocycles. The fraction of sp³-hybridized carbons (Fsp3) is 0.209. The van der Waals surface area contributed by atoms with E-state index in [1.807, 2.05) is 12.9 Å². The summed E-state index contributed by atoms with van der Waals surface area (Å²) in [6.45, 7) is 2.98. The Bertz CT molecular complexity index is 2660. The Morgan fingerprint density at radius 2 is 1.00 bits per heavy atom. The summed E-state index contributed by atoms with van der Waals surface area (Å²) < 4.78 is 89.9. The zero-order chi connectivity index (χ0) is 45.1. The van der Waals surface area contributed by atoms with Gasteiger partial charge in [0, 0.05) is 33.7 Å². The van der Waals surface area contributed by atoms with Gasteiger partial charge in [0.15, 0.2) is 34.5 Å². The van der Waals surface area contributed by atoms with Gasteiger partial charge in [-0.2, -0.15) is 0 Å². The third-order valence-electron chi connectivity index (χ3n) is 10.3. The maximum absolute atomic E-state index is 12.4. The van der Waals surface area contributed by atoms with E-state index in [0.29, 0.717) is 49.3 Å². The second-order valence-corrected chi connectivity index (χ2v) is 21.8. The minimum absolute atomic E-state index is 0. The van der Waals surface area contributed by atoms with Gasteiger partial charge >= 0.3 is 21.2 Å². The molecule has 2 N–H and O–H groups in total. The van der Waals surface area contributed by atoms with E-state index in [0.717, 1.165) is 22.2 Å². The van der Waals surface area contributed by atoms with Crippen molar-refractivity contribution in [1.29, 1.82) is 0 Å². The predicted octanol–water partition coefficient (Wildman–Crippen LogP) is 5.80. The lowest BCUT2D eigenvalue weighted by atomic mass is 9.64. The summed E-state index contributed by atoms with van der Waals surface area (Å²) in [4.78, 5) is 8.16. The number of rotatable bonds is 9. The first kappa shape index (κ1) is 51.9. The van der Waals surface area contributed by atoms with E-state index in [2.05, 4.69) is 9.97 Å². The Morgan fingerprint density at radius 1 is 0.554 bits per heavy atom. The van der Waals surface area contributed by atoms with E-state index in [1.165, 1.54) is 24.5 Å². The molecular weight excluding hydrogens is 955 g/mol. The molecule has 13 nitrogen and oxygen atoms in total. The minimum Gasteiger partial charge on any atom is -0.427 e. The van der Waals surface area contributed by atoms with Crippen molar-refractivity contribution >= 4 is 102 Å². The summed E-state index contributed by atoms with van der Waals surface area (Å²) in [6.07, 6.45) is 4.32. The molecule has 22 heteroatoms. The normalized spacial score (nSPS) is 13.8. The van der Waals surface area contributed by atoms with E-state index in [9.17, 15) is 35.3 Å². The third kappa shape index (κ3) is 12.3. The number of nitrogens with zero attached hydrogens (tertiary/aromatic N) is 2. The van der Waals surface area contributed by atoms with Crippen molar-refractivity contribution in [1.82, 2.24) is 9.97 Å². The van der Waals surface area contributed by atoms with Crippen LogP contribution in [0, 0.1) is 0 Å². The molecule has 340 valence electrons. The molecule has 0 unspecified atom stereocenters. The molecule has 0 spiro atoms. The zero-order valence-corrected chi connectivity index (χ0v) is 38.0. The standard InChI is InChI=1S/C14H13BClNO3S.C14H12BClO4S.C13H11BClNO4S.2CH4/c1-15-13-5-11(14(16)6-10(13)8-20-15)9-21(18,19)12-3-2-4-17-7-12;16-14-7-10-8-20-15(17)13(10)6-11(14)9-21(18,19)12-4-2-1-3-5-12;15-12-6-9-7-20-14(17)11(9)5-10(12)8-21(18,19)13-3-1-2-4-16-13;;/h2-7H,8-9H2,1H3;1-7,17H,8-9H2;1-6,17H,7-8H2;2*1H4. The molecule has 0 saturated heterocycles. The van der Waals surface area contributed by atoms with Crippen LogP contribution in [0.15, 0.2) is 130 Å². The van der Waals surface area contributed by atoms with Crippen LogP contribution < -0.4 is 16.4 Å². The van der Waals surface area contributed by atoms with Gasteiger partial charge in [-0.05, 0) is 104 Å². The second-order valence-electron chi connectivity index (χ2n) is 14.7. The number of hydrogen-bond donors (Lipinski definition) is 2. The van der Waals surface area contributed by atoms with Crippen LogP contribution in [0.4, 0.5) is 0 Å². The van der Waals surface area contributed by atoms with Crippen LogP contribution in [0.25, 0.3) is 0 Å². The lowest BCUT2D eigenvalue weighted by Gasteiger charge is -2.09. The van der Waals surface area contributed by atoms with Crippen molar-refractivity contribution in [3.8, 4) is 0 Å². The number of halogens is 3. The van der Waals surface area contributed by atoms with Crippen molar-refractivity contribution in [2.24, 2.45) is 0 Å². The third-order valence-corrected chi connectivity index (χ3v) is 16.2. The van der Waals surface area contributed by atoms with Gasteiger partial charge in [-0.25, -0.2) is 30.2 Å². The van der Waals surface area contributed by atoms with E-state index in [4.69, 9.17) is 48.8 Å². The number of pyridine rings is 2. The summed E-state index contributed by atoms with van der Waals surface area (Å²) >= 11 is 18.5. The highest BCUT2D eigenvalue weighted by Crippen LogP contribution is 2.28. The summed E-state index contributed by atoms with van der Waals surface area (Å²) in [5.41, 5.74) is 6.21. The number of sulfone groups is 3. The van der Waals surface area contributed by atoms with Crippen molar-refractivity contribution in [3.63, 3.8) is 0 Å². The van der Waals surface area contributed by atoms with E-state index < -0.39 is 43.7 Å². The first-order chi connectivity index (χ1) is 29.9. The molecular formula is C43H44B3Cl3N2O11S3. The molecule has 0 fully saturated rings. The Morgan fingerprint density at radius 3 is 1.49 bits per heavy atom. The SMILES string of the molecule is C.C.CB1OCc2cc(Cl)c(CS(=O)(=O)c3cccnc3)cc21.O=S(=O)(Cc1cc2c(cc1Cl)COB2O)c1ccccc1.O=S(=O)(Cc1cc2c(cc1Cl)COB2O)c1ccccn1. The molecule has 65 heavy (non-hydrogen) atoms. The van der Waals surface area contributed by atoms with Gasteiger partial charge in [0.25, 0.3) is 0 Å². The molecule has 3 aliphatic heterocycles. The van der Waals surface area contributed by atoms with Crippen LogP contribution in [0.3, 0.4) is 0 Å². The first-order valence-electron chi connectivity index (χ1n) is 19.1. The highest BCUT2D eigenvalue weighted by molar-refractivity contribution is 7.91. The summed E-state index contributed by atoms with van der Waals surface area (Å²) in [5.74, 6) is -0.629. The molecule has 0 radical (unpaired) electrons. The maximum atomic E-state index is 12.4. The Labute approximate surface area is 396 Å². The van der Waals surface area contributed by atoms with Crippen LogP contribution in [-0.2, 0) is 80.6 Å². The van der Waals surface area contributed by atoms with Crippen LogP contribution in [0.1, 0.15) is 48.2 Å². The first-order valence-corrected chi connectivity index (χ1v) is 25.2. The highest BCUT2D eigenvalue weighted by Gasteiger charge is 2.31. The molecule has 0 aliphatic carbocycles. The fourth-order valence-electron chi connectivity index (χ4n) is 6.95. The number of aromatic nitrogens is 2. The predicted molar refractivity (Wildman–Crippen MR) is 256 cm³/mol. The average Bonchev–Trinajstić information content (AvgIpc) is 3.93. The molecule has 5 heterocycles. The van der Waals surface area contributed by atoms with Crippen LogP contribution in [0.5, 0.6) is 0 Å². The monoisotopic (exact) mass is 998 g/mol. The zero-order valence-electron chi connectivity index (χ0n) is 33.3. The molecule has 6 aromatic rings. The van der Waals surface area contributed by atoms with Crippen LogP contribution >= 0.6 is 34.8 Å². The summed E-state index contributed by atoms with van der Waals surface area (Å²) in [5, 5.41) is 20.5. The van der Waals surface area contributed by atoms with Gasteiger partial charge < -0.3 is 24.0 Å². The molecule has 2 aromatic heterocycles. The maximum Gasteiger partial charge on any atom is 0.491 e. The molecule has 9 rings (SSSR count). The van der Waals surface area contributed by atoms with E-state index in [1.54, 1.807) is 85.1 Å². The van der Waals surface area contributed by atoms with Gasteiger partial charge in [0.05, 0.1) is 46.9 Å². The number of hydrogen-bond acceptors (Lipinski definition) is 13. The average molecular weight is 1000 g/mol. The summed E-state index contributed by atoms with van der Waals surface area (Å²) in [7, 11) is -12.6. The van der Waals surface area contributed by atoms with E-state index in [-0.39, 0.29) is 67.1 Å². The smallest absolute Gasteiger partial charge is 0.427 e. The molecule has 3 aliphatic rings. The highest BCUT2D eigenvalue weighted by atomic mass is 35.5. The lowest BCUT2D eigenvalue weighted by molar-refractivity contribution is 0.275. The molecule has 0 amide bonds. The fourth-order valence-corrected chi connectivity index (χ4v) is 12.0. The number of benzene rings is 4. The van der Waals surface area contributed by atoms with Crippen molar-refractivity contribution in [2.45, 2.75) is 73.6 Å². The van der Waals surface area contributed by atoms with Gasteiger partial charge in [-0.3, -0.25) is 4.98 Å². The van der Waals surface area contributed by atoms with Crippen LogP contribution in [-0.4, -0.2) is 66.4 Å². The van der Waals surface area contributed by atoms with Crippen molar-refractivity contribution in [3.05, 3.63) is 164 Å². The molecule has 0 atom stereocenters. The minimum atomic E-state index is -3.59. The lowest BCUT2D eigenvalue weighted by Crippen LogP contribution is -2.28. The summed E-state index contributed by atoms with van der Waals surface area (Å²) in [6, 6.07) is 26.2. The topological polar surface area (TPSA) is 196 Å². The Hall–Kier alpha value is -4.11. The van der Waals surface area contributed by atoms with Crippen molar-refractivity contribution in [2.75, 3.05) is 0 Å². The van der Waals surface area contributed by atoms with Crippen LogP contribution in [0.2, 0.25) is 21.9 Å². The Kier molecular flexibility index (Phi) is 17.3. The van der Waals surface area contributed by atoms with Gasteiger partial charge in [0.2, 0.25) is 0 Å². The van der Waals surface area contributed by atoms with Gasteiger partial charge in [0.1, 0.15) is 0 Å². The molecule has 0 bridgehead atoms. The molecule has 4 aromatic carbocycles. The number of fused-ring (bicyclic) bond motifs is 3. The van der Waals surface area contributed by atoms with E-state index >= 15 is 0 Å². The largest absolute Gasteiger partial charge is 0.491 e. The van der Waals surface area contributed by atoms with Crippen molar-refractivity contribution < 1.29 is 49.3 Å². The van der Waals surface area contributed by atoms with Gasteiger partial charge in [-0.1, -0.05) is 98.9 Å². The van der Waals surface area contributed by atoms with Gasteiger partial charge in [-0.15, -0.1) is 0 Å².